The summed E-state index contributed by atoms with van der Waals surface area (Å²) in [7, 11) is 0. The molecular weight excluding hydrogens is 402 g/mol. The Morgan fingerprint density at radius 3 is 2.03 bits per heavy atom. The maximum absolute atomic E-state index is 5.22. The molecule has 0 fully saturated rings. The van der Waals surface area contributed by atoms with Crippen LogP contribution in [0.5, 0.6) is 0 Å². The number of fused-ring (bicyclic) bond motifs is 6. The first kappa shape index (κ1) is 19.6. The van der Waals surface area contributed by atoms with Crippen LogP contribution >= 0.6 is 0 Å². The van der Waals surface area contributed by atoms with Gasteiger partial charge in [-0.2, -0.15) is 0 Å². The predicted octanol–water partition coefficient (Wildman–Crippen LogP) is 7.66. The van der Waals surface area contributed by atoms with E-state index in [-0.39, 0.29) is 0 Å². The minimum absolute atomic E-state index is 0.886. The van der Waals surface area contributed by atoms with E-state index in [1.165, 1.54) is 44.0 Å². The van der Waals surface area contributed by atoms with Crippen LogP contribution in [0, 0.1) is 0 Å². The first-order chi connectivity index (χ1) is 16.3. The summed E-state index contributed by atoms with van der Waals surface area (Å²) < 4.78 is 4.58. The van der Waals surface area contributed by atoms with E-state index < -0.39 is 0 Å². The van der Waals surface area contributed by atoms with Crippen LogP contribution in [0.15, 0.2) is 103 Å². The van der Waals surface area contributed by atoms with Crippen molar-refractivity contribution in [3.05, 3.63) is 109 Å². The first-order valence-electron chi connectivity index (χ1n) is 11.4. The van der Waals surface area contributed by atoms with Crippen LogP contribution in [-0.4, -0.2) is 15.0 Å². The highest BCUT2D eigenvalue weighted by molar-refractivity contribution is 6.14. The Morgan fingerprint density at radius 1 is 0.818 bits per heavy atom. The Bertz CT molecular complexity index is 1580. The van der Waals surface area contributed by atoms with Gasteiger partial charge < -0.3 is 0 Å². The summed E-state index contributed by atoms with van der Waals surface area (Å²) in [6, 6.07) is 25.7. The van der Waals surface area contributed by atoms with Crippen LogP contribution in [0.2, 0.25) is 0 Å². The second kappa shape index (κ2) is 7.79. The third kappa shape index (κ3) is 3.00. The summed E-state index contributed by atoms with van der Waals surface area (Å²) in [5.74, 6) is 1.82. The summed E-state index contributed by atoms with van der Waals surface area (Å²) in [5.41, 5.74) is 6.13. The fraction of sp³-hybridized carbons (Fsp3) is 0.100. The average molecular weight is 428 g/mol. The Kier molecular flexibility index (Phi) is 4.62. The SMILES string of the molecule is C=C/C=C(\N=C(/C)n1c2ccccc2c2ccccc21)n1c2c(c3ccccc31)C=CCC2. The van der Waals surface area contributed by atoms with Gasteiger partial charge >= 0.3 is 0 Å². The quantitative estimate of drug-likeness (QED) is 0.160. The molecule has 3 nitrogen and oxygen atoms in total. The van der Waals surface area contributed by atoms with Crippen LogP contribution in [0.25, 0.3) is 44.6 Å². The molecule has 0 atom stereocenters. The first-order valence-corrected chi connectivity index (χ1v) is 11.4. The molecule has 0 radical (unpaired) electrons. The number of para-hydroxylation sites is 3. The van der Waals surface area contributed by atoms with E-state index in [9.17, 15) is 0 Å². The number of benzene rings is 3. The highest BCUT2D eigenvalue weighted by Crippen LogP contribution is 2.34. The second-order valence-corrected chi connectivity index (χ2v) is 8.44. The number of aliphatic imine (C=N–C) groups is 1. The predicted molar refractivity (Wildman–Crippen MR) is 142 cm³/mol. The number of nitrogens with zero attached hydrogens (tertiary/aromatic N) is 3. The van der Waals surface area contributed by atoms with Gasteiger partial charge in [-0.3, -0.25) is 9.13 Å². The van der Waals surface area contributed by atoms with Gasteiger partial charge in [0.2, 0.25) is 0 Å². The van der Waals surface area contributed by atoms with E-state index in [4.69, 9.17) is 4.99 Å². The number of hydrogen-bond acceptors (Lipinski definition) is 1. The van der Waals surface area contributed by atoms with Crippen molar-refractivity contribution in [3.8, 4) is 0 Å². The van der Waals surface area contributed by atoms with E-state index >= 15 is 0 Å². The van der Waals surface area contributed by atoms with Crippen molar-refractivity contribution in [1.82, 2.24) is 9.13 Å². The van der Waals surface area contributed by atoms with E-state index in [0.717, 1.165) is 24.5 Å². The lowest BCUT2D eigenvalue weighted by atomic mass is 10.0. The zero-order chi connectivity index (χ0) is 22.4. The third-order valence-electron chi connectivity index (χ3n) is 6.52. The lowest BCUT2D eigenvalue weighted by molar-refractivity contribution is 0.890. The smallest absolute Gasteiger partial charge is 0.139 e. The van der Waals surface area contributed by atoms with Gasteiger partial charge in [0.05, 0.1) is 16.6 Å². The van der Waals surface area contributed by atoms with Crippen molar-refractivity contribution in [2.24, 2.45) is 4.99 Å². The van der Waals surface area contributed by atoms with E-state index in [0.29, 0.717) is 0 Å². The molecule has 1 aliphatic rings. The monoisotopic (exact) mass is 427 g/mol. The molecule has 0 saturated carbocycles. The summed E-state index contributed by atoms with van der Waals surface area (Å²) in [6.45, 7) is 6.08. The summed E-state index contributed by atoms with van der Waals surface area (Å²) >= 11 is 0. The molecule has 2 aromatic heterocycles. The highest BCUT2D eigenvalue weighted by Gasteiger charge is 2.20. The Labute approximate surface area is 193 Å². The van der Waals surface area contributed by atoms with Gasteiger partial charge in [0.25, 0.3) is 0 Å². The Morgan fingerprint density at radius 2 is 1.39 bits per heavy atom. The molecule has 0 unspecified atom stereocenters. The molecule has 0 bridgehead atoms. The molecule has 0 N–H and O–H groups in total. The molecule has 1 aliphatic carbocycles. The molecule has 160 valence electrons. The molecule has 3 heteroatoms. The van der Waals surface area contributed by atoms with Gasteiger partial charge in [-0.1, -0.05) is 79.4 Å². The van der Waals surface area contributed by atoms with Crippen LogP contribution < -0.4 is 0 Å². The van der Waals surface area contributed by atoms with E-state index in [2.05, 4.69) is 108 Å². The molecular formula is C30H25N3. The molecule has 3 aromatic carbocycles. The molecule has 33 heavy (non-hydrogen) atoms. The van der Waals surface area contributed by atoms with E-state index in [1.807, 2.05) is 12.2 Å². The molecule has 2 heterocycles. The van der Waals surface area contributed by atoms with Crippen molar-refractivity contribution < 1.29 is 0 Å². The lowest BCUT2D eigenvalue weighted by Gasteiger charge is -2.15. The Balaban J connectivity index is 1.61. The van der Waals surface area contributed by atoms with Crippen molar-refractivity contribution in [3.63, 3.8) is 0 Å². The number of rotatable bonds is 3. The standard InChI is InChI=1S/C30H25N3/c1-3-12-30(33-28-19-10-6-15-24(28)25-16-7-11-20-29(25)33)31-21(2)32-26-17-8-4-13-22(26)23-14-5-9-18-27(23)32/h3-10,12-19H,1,11,20H2,2H3/b30-12+,31-21+. The van der Waals surface area contributed by atoms with Gasteiger partial charge in [-0.25, -0.2) is 4.99 Å². The lowest BCUT2D eigenvalue weighted by Crippen LogP contribution is -2.10. The van der Waals surface area contributed by atoms with Crippen LogP contribution in [0.4, 0.5) is 0 Å². The second-order valence-electron chi connectivity index (χ2n) is 8.44. The van der Waals surface area contributed by atoms with Crippen molar-refractivity contribution in [2.45, 2.75) is 19.8 Å². The van der Waals surface area contributed by atoms with Gasteiger partial charge in [-0.05, 0) is 44.0 Å². The van der Waals surface area contributed by atoms with Crippen molar-refractivity contribution >= 4 is 50.4 Å². The number of aromatic nitrogens is 2. The topological polar surface area (TPSA) is 22.2 Å². The van der Waals surface area contributed by atoms with Gasteiger partial charge in [0.15, 0.2) is 0 Å². The zero-order valence-electron chi connectivity index (χ0n) is 18.7. The van der Waals surface area contributed by atoms with Gasteiger partial charge in [0.1, 0.15) is 11.7 Å². The van der Waals surface area contributed by atoms with Gasteiger partial charge in [0, 0.05) is 27.4 Å². The maximum atomic E-state index is 5.22. The minimum atomic E-state index is 0.886. The molecule has 6 rings (SSSR count). The molecule has 0 amide bonds. The Hall–Kier alpha value is -4.11. The molecule has 0 spiro atoms. The molecule has 0 aliphatic heterocycles. The largest absolute Gasteiger partial charge is 0.298 e. The minimum Gasteiger partial charge on any atom is -0.298 e. The van der Waals surface area contributed by atoms with Crippen LogP contribution in [0.1, 0.15) is 24.6 Å². The average Bonchev–Trinajstić information content (AvgIpc) is 3.37. The van der Waals surface area contributed by atoms with Crippen LogP contribution in [-0.2, 0) is 6.42 Å². The van der Waals surface area contributed by atoms with Crippen molar-refractivity contribution in [2.75, 3.05) is 0 Å². The fourth-order valence-corrected chi connectivity index (χ4v) is 5.19. The summed E-state index contributed by atoms with van der Waals surface area (Å²) in [4.78, 5) is 5.22. The summed E-state index contributed by atoms with van der Waals surface area (Å²) in [6.07, 6.45) is 10.4. The summed E-state index contributed by atoms with van der Waals surface area (Å²) in [5, 5.41) is 3.75. The number of hydrogen-bond donors (Lipinski definition) is 0. The molecule has 5 aromatic rings. The normalized spacial score (nSPS) is 14.3. The fourth-order valence-electron chi connectivity index (χ4n) is 5.19. The third-order valence-corrected chi connectivity index (χ3v) is 6.52. The van der Waals surface area contributed by atoms with Crippen molar-refractivity contribution in [1.29, 1.82) is 0 Å². The number of allylic oxidation sites excluding steroid dienone is 3. The highest BCUT2D eigenvalue weighted by atomic mass is 15.2. The maximum Gasteiger partial charge on any atom is 0.139 e. The molecule has 0 saturated heterocycles. The van der Waals surface area contributed by atoms with E-state index in [1.54, 1.807) is 0 Å². The zero-order valence-corrected chi connectivity index (χ0v) is 18.7. The van der Waals surface area contributed by atoms with Gasteiger partial charge in [-0.15, -0.1) is 0 Å². The van der Waals surface area contributed by atoms with Crippen LogP contribution in [0.3, 0.4) is 0 Å².